The van der Waals surface area contributed by atoms with Gasteiger partial charge in [0.15, 0.2) is 22.9 Å². The first-order valence-corrected chi connectivity index (χ1v) is 7.99. The zero-order chi connectivity index (χ0) is 18.8. The highest BCUT2D eigenvalue weighted by Gasteiger charge is 2.27. The predicted octanol–water partition coefficient (Wildman–Crippen LogP) is 3.56. The highest BCUT2D eigenvalue weighted by atomic mass is 16.5. The minimum atomic E-state index is -0.723. The molecule has 0 aliphatic carbocycles. The fraction of sp³-hybridized carbons (Fsp3) is 0.0526. The number of hydrogen-bond donors (Lipinski definition) is 2. The molecule has 0 radical (unpaired) electrons. The Bertz CT molecular complexity index is 1070. The van der Waals surface area contributed by atoms with Gasteiger partial charge in [-0.2, -0.15) is 0 Å². The molecule has 3 aromatic rings. The van der Waals surface area contributed by atoms with E-state index >= 15 is 0 Å². The Labute approximate surface area is 153 Å². The molecule has 0 aromatic carbocycles. The number of esters is 1. The maximum absolute atomic E-state index is 12.1. The van der Waals surface area contributed by atoms with Crippen molar-refractivity contribution in [3.8, 4) is 5.75 Å². The number of furan rings is 1. The summed E-state index contributed by atoms with van der Waals surface area (Å²) in [5.41, 5.74) is 2.05. The van der Waals surface area contributed by atoms with Crippen molar-refractivity contribution in [2.45, 2.75) is 0 Å². The number of carbonyl (C=O) groups excluding carboxylic acids is 1. The van der Waals surface area contributed by atoms with Crippen LogP contribution in [0.4, 0.5) is 17.4 Å². The van der Waals surface area contributed by atoms with Crippen LogP contribution in [0.25, 0.3) is 11.6 Å². The number of hydrogen-bond acceptors (Lipinski definition) is 8. The number of rotatable bonds is 4. The van der Waals surface area contributed by atoms with Crippen LogP contribution in [0.3, 0.4) is 0 Å². The Hall–Kier alpha value is -3.94. The summed E-state index contributed by atoms with van der Waals surface area (Å²) >= 11 is 0. The first-order chi connectivity index (χ1) is 13.2. The Kier molecular flexibility index (Phi) is 4.13. The molecule has 0 saturated heterocycles. The Morgan fingerprint density at radius 2 is 2.07 bits per heavy atom. The van der Waals surface area contributed by atoms with Crippen molar-refractivity contribution in [2.24, 2.45) is 4.99 Å². The number of carbonyl (C=O) groups is 1. The minimum absolute atomic E-state index is 0.0683. The fourth-order valence-corrected chi connectivity index (χ4v) is 2.67. The summed E-state index contributed by atoms with van der Waals surface area (Å²) in [7, 11) is 1.23. The SMILES string of the molecule is COC(=O)c1c(Nc2ccncc2)oc(C=C2C=Nc3ncccc32)c1O. The van der Waals surface area contributed by atoms with Gasteiger partial charge >= 0.3 is 5.97 Å². The van der Waals surface area contributed by atoms with Gasteiger partial charge in [-0.05, 0) is 30.3 Å². The van der Waals surface area contributed by atoms with Crippen molar-refractivity contribution in [2.75, 3.05) is 12.4 Å². The number of fused-ring (bicyclic) bond motifs is 1. The van der Waals surface area contributed by atoms with Crippen molar-refractivity contribution in [1.29, 1.82) is 0 Å². The lowest BCUT2D eigenvalue weighted by molar-refractivity contribution is 0.0598. The first kappa shape index (κ1) is 16.5. The van der Waals surface area contributed by atoms with E-state index in [4.69, 9.17) is 9.15 Å². The third-order valence-electron chi connectivity index (χ3n) is 3.95. The maximum Gasteiger partial charge on any atom is 0.347 e. The molecule has 0 atom stereocenters. The van der Waals surface area contributed by atoms with Gasteiger partial charge in [-0.15, -0.1) is 0 Å². The van der Waals surface area contributed by atoms with Gasteiger partial charge in [-0.3, -0.25) is 4.98 Å². The monoisotopic (exact) mass is 362 g/mol. The molecule has 8 heteroatoms. The van der Waals surface area contributed by atoms with Crippen molar-refractivity contribution >= 4 is 41.2 Å². The van der Waals surface area contributed by atoms with E-state index in [9.17, 15) is 9.90 Å². The average Bonchev–Trinajstić information content (AvgIpc) is 3.24. The van der Waals surface area contributed by atoms with Gasteiger partial charge in [0.1, 0.15) is 0 Å². The quantitative estimate of drug-likeness (QED) is 0.683. The molecule has 3 aromatic heterocycles. The van der Waals surface area contributed by atoms with E-state index in [0.29, 0.717) is 17.1 Å². The number of aromatic nitrogens is 2. The Morgan fingerprint density at radius 1 is 1.26 bits per heavy atom. The summed E-state index contributed by atoms with van der Waals surface area (Å²) in [6.45, 7) is 0. The van der Waals surface area contributed by atoms with E-state index in [1.165, 1.54) is 7.11 Å². The van der Waals surface area contributed by atoms with Gasteiger partial charge < -0.3 is 19.6 Å². The molecule has 0 unspecified atom stereocenters. The van der Waals surface area contributed by atoms with Crippen LogP contribution in [0.15, 0.2) is 52.3 Å². The maximum atomic E-state index is 12.1. The first-order valence-electron chi connectivity index (χ1n) is 7.99. The van der Waals surface area contributed by atoms with Crippen LogP contribution in [0.2, 0.25) is 0 Å². The molecule has 4 rings (SSSR count). The molecule has 0 spiro atoms. The van der Waals surface area contributed by atoms with Crippen molar-refractivity contribution < 1.29 is 19.1 Å². The lowest BCUT2D eigenvalue weighted by Gasteiger charge is -2.04. The molecule has 0 amide bonds. The highest BCUT2D eigenvalue weighted by molar-refractivity contribution is 6.21. The number of methoxy groups -OCH3 is 1. The lowest BCUT2D eigenvalue weighted by Crippen LogP contribution is -2.03. The largest absolute Gasteiger partial charge is 0.504 e. The molecule has 2 N–H and O–H groups in total. The van der Waals surface area contributed by atoms with E-state index in [2.05, 4.69) is 20.3 Å². The zero-order valence-corrected chi connectivity index (χ0v) is 14.2. The Morgan fingerprint density at radius 3 is 2.85 bits per heavy atom. The van der Waals surface area contributed by atoms with E-state index in [1.54, 1.807) is 49.1 Å². The van der Waals surface area contributed by atoms with Crippen LogP contribution in [0, 0.1) is 0 Å². The zero-order valence-electron chi connectivity index (χ0n) is 14.2. The highest BCUT2D eigenvalue weighted by Crippen LogP contribution is 2.39. The minimum Gasteiger partial charge on any atom is -0.504 e. The summed E-state index contributed by atoms with van der Waals surface area (Å²) < 4.78 is 10.5. The predicted molar refractivity (Wildman–Crippen MR) is 99.5 cm³/mol. The smallest absolute Gasteiger partial charge is 0.347 e. The summed E-state index contributed by atoms with van der Waals surface area (Å²) in [5, 5.41) is 13.5. The Balaban J connectivity index is 1.77. The molecule has 8 nitrogen and oxygen atoms in total. The second-order valence-corrected chi connectivity index (χ2v) is 5.60. The summed E-state index contributed by atoms with van der Waals surface area (Å²) in [4.78, 5) is 24.5. The van der Waals surface area contributed by atoms with Gasteiger partial charge in [0, 0.05) is 41.6 Å². The lowest BCUT2D eigenvalue weighted by atomic mass is 10.1. The van der Waals surface area contributed by atoms with Crippen LogP contribution >= 0.6 is 0 Å². The molecular formula is C19H14N4O4. The van der Waals surface area contributed by atoms with Crippen molar-refractivity contribution in [3.63, 3.8) is 0 Å². The summed E-state index contributed by atoms with van der Waals surface area (Å²) in [6, 6.07) is 7.05. The van der Waals surface area contributed by atoms with E-state index in [-0.39, 0.29) is 23.0 Å². The van der Waals surface area contributed by atoms with Crippen molar-refractivity contribution in [1.82, 2.24) is 9.97 Å². The number of pyridine rings is 2. The van der Waals surface area contributed by atoms with E-state index in [1.807, 2.05) is 6.07 Å². The molecule has 0 bridgehead atoms. The third-order valence-corrected chi connectivity index (χ3v) is 3.95. The summed E-state index contributed by atoms with van der Waals surface area (Å²) in [6.07, 6.45) is 8.04. The number of anilines is 2. The molecule has 1 aliphatic heterocycles. The molecular weight excluding hydrogens is 348 g/mol. The van der Waals surface area contributed by atoms with Crippen LogP contribution < -0.4 is 5.32 Å². The second-order valence-electron chi connectivity index (χ2n) is 5.60. The molecule has 27 heavy (non-hydrogen) atoms. The molecule has 134 valence electrons. The molecule has 4 heterocycles. The van der Waals surface area contributed by atoms with Crippen LogP contribution in [0.1, 0.15) is 21.7 Å². The van der Waals surface area contributed by atoms with Gasteiger partial charge in [0.2, 0.25) is 5.88 Å². The normalized spacial score (nSPS) is 13.6. The van der Waals surface area contributed by atoms with E-state index in [0.717, 1.165) is 5.56 Å². The van der Waals surface area contributed by atoms with Gasteiger partial charge in [-0.1, -0.05) is 0 Å². The molecule has 0 saturated carbocycles. The topological polar surface area (TPSA) is 110 Å². The van der Waals surface area contributed by atoms with Crippen LogP contribution in [-0.4, -0.2) is 34.4 Å². The number of allylic oxidation sites excluding steroid dienone is 1. The fourth-order valence-electron chi connectivity index (χ4n) is 2.67. The third kappa shape index (κ3) is 3.04. The van der Waals surface area contributed by atoms with E-state index < -0.39 is 5.97 Å². The van der Waals surface area contributed by atoms with Crippen LogP contribution in [0.5, 0.6) is 5.75 Å². The van der Waals surface area contributed by atoms with Crippen molar-refractivity contribution in [3.05, 3.63) is 59.7 Å². The number of nitrogens with one attached hydrogen (secondary N) is 1. The standard InChI is InChI=1S/C19H14N4O4/c1-26-19(25)15-16(24)14(27-18(15)23-12-4-7-20-8-5-12)9-11-10-22-17-13(11)3-2-6-21-17/h2-10,24H,1H3,(H,20,23). The van der Waals surface area contributed by atoms with Gasteiger partial charge in [0.05, 0.1) is 7.11 Å². The van der Waals surface area contributed by atoms with Gasteiger partial charge in [0.25, 0.3) is 0 Å². The number of aliphatic imine (C=N–C) groups is 1. The molecule has 1 aliphatic rings. The number of aromatic hydroxyl groups is 1. The van der Waals surface area contributed by atoms with Gasteiger partial charge in [-0.25, -0.2) is 14.8 Å². The number of nitrogens with zero attached hydrogens (tertiary/aromatic N) is 3. The van der Waals surface area contributed by atoms with Crippen LogP contribution in [-0.2, 0) is 4.74 Å². The average molecular weight is 362 g/mol. The molecule has 0 fully saturated rings. The second kappa shape index (κ2) is 6.75. The summed E-state index contributed by atoms with van der Waals surface area (Å²) in [5.74, 6) is -0.293. The number of ether oxygens (including phenoxy) is 1.